The van der Waals surface area contributed by atoms with Crippen molar-refractivity contribution < 1.29 is 9.53 Å². The molecule has 0 unspecified atom stereocenters. The molecule has 0 atom stereocenters. The molecule has 0 aliphatic carbocycles. The number of rotatable bonds is 6. The van der Waals surface area contributed by atoms with Crippen LogP contribution in [0.2, 0.25) is 0 Å². The van der Waals surface area contributed by atoms with Gasteiger partial charge >= 0.3 is 0 Å². The highest BCUT2D eigenvalue weighted by Crippen LogP contribution is 2.31. The molecule has 1 amide bonds. The van der Waals surface area contributed by atoms with Crippen molar-refractivity contribution in [2.75, 3.05) is 25.1 Å². The quantitative estimate of drug-likeness (QED) is 0.460. The van der Waals surface area contributed by atoms with E-state index < -0.39 is 0 Å². The molecule has 4 aromatic rings. The van der Waals surface area contributed by atoms with E-state index in [1.54, 1.807) is 19.5 Å². The number of hydrogen-bond acceptors (Lipinski definition) is 7. The number of carbonyl (C=O) groups excluding carboxylic acids is 1. The number of aryl methyl sites for hydroxylation is 2. The standard InChI is InChI=1S/C26H29N7O2/c1-17-23-18(2)33(21-6-8-22(35-3)9-7-21)31-24(23)25(30-29-17)32-13-10-20(11-14-32)26(34)28-16-19-5-4-12-27-15-19/h4-9,12,15,20H,10-11,13-14,16H2,1-3H3,(H,28,34). The van der Waals surface area contributed by atoms with Crippen LogP contribution in [0.15, 0.2) is 48.8 Å². The summed E-state index contributed by atoms with van der Waals surface area (Å²) in [5, 5.41) is 18.0. The summed E-state index contributed by atoms with van der Waals surface area (Å²) in [7, 11) is 1.66. The van der Waals surface area contributed by atoms with Crippen LogP contribution in [-0.4, -0.2) is 51.1 Å². The van der Waals surface area contributed by atoms with Crippen molar-refractivity contribution in [1.29, 1.82) is 0 Å². The second kappa shape index (κ2) is 9.69. The van der Waals surface area contributed by atoms with Crippen LogP contribution in [0.25, 0.3) is 16.6 Å². The Morgan fingerprint density at radius 1 is 1.11 bits per heavy atom. The van der Waals surface area contributed by atoms with Gasteiger partial charge in [0.2, 0.25) is 5.91 Å². The molecular weight excluding hydrogens is 442 g/mol. The van der Waals surface area contributed by atoms with Crippen LogP contribution in [-0.2, 0) is 11.3 Å². The van der Waals surface area contributed by atoms with Crippen LogP contribution in [0.4, 0.5) is 5.82 Å². The van der Waals surface area contributed by atoms with E-state index >= 15 is 0 Å². The molecule has 0 bridgehead atoms. The SMILES string of the molecule is COc1ccc(-n2nc3c(N4CCC(C(=O)NCc5cccnc5)CC4)nnc(C)c3c2C)cc1. The Balaban J connectivity index is 1.33. The molecule has 35 heavy (non-hydrogen) atoms. The first-order valence-electron chi connectivity index (χ1n) is 11.8. The predicted molar refractivity (Wildman–Crippen MR) is 134 cm³/mol. The molecule has 180 valence electrons. The number of nitrogens with zero attached hydrogens (tertiary/aromatic N) is 6. The number of piperidine rings is 1. The number of aromatic nitrogens is 5. The van der Waals surface area contributed by atoms with Gasteiger partial charge in [-0.05, 0) is 62.6 Å². The number of methoxy groups -OCH3 is 1. The molecule has 9 nitrogen and oxygen atoms in total. The van der Waals surface area contributed by atoms with Crippen molar-refractivity contribution in [3.63, 3.8) is 0 Å². The number of pyridine rings is 1. The van der Waals surface area contributed by atoms with Crippen molar-refractivity contribution >= 4 is 22.6 Å². The molecule has 1 aromatic carbocycles. The monoisotopic (exact) mass is 471 g/mol. The Bertz CT molecular complexity index is 1330. The summed E-state index contributed by atoms with van der Waals surface area (Å²) >= 11 is 0. The maximum atomic E-state index is 12.7. The van der Waals surface area contributed by atoms with Crippen LogP contribution < -0.4 is 15.0 Å². The second-order valence-corrected chi connectivity index (χ2v) is 8.87. The van der Waals surface area contributed by atoms with Gasteiger partial charge in [-0.1, -0.05) is 6.07 Å². The van der Waals surface area contributed by atoms with E-state index in [0.717, 1.165) is 71.0 Å². The van der Waals surface area contributed by atoms with Gasteiger partial charge in [0.15, 0.2) is 5.82 Å². The number of fused-ring (bicyclic) bond motifs is 1. The van der Waals surface area contributed by atoms with Crippen LogP contribution in [0, 0.1) is 19.8 Å². The Morgan fingerprint density at radius 2 is 1.89 bits per heavy atom. The zero-order valence-electron chi connectivity index (χ0n) is 20.2. The number of hydrogen-bond donors (Lipinski definition) is 1. The fraction of sp³-hybridized carbons (Fsp3) is 0.346. The lowest BCUT2D eigenvalue weighted by Gasteiger charge is -2.32. The van der Waals surface area contributed by atoms with E-state index in [9.17, 15) is 4.79 Å². The Kier molecular flexibility index (Phi) is 6.31. The zero-order chi connectivity index (χ0) is 24.4. The minimum absolute atomic E-state index is 0.0181. The average molecular weight is 472 g/mol. The van der Waals surface area contributed by atoms with Crippen LogP contribution in [0.3, 0.4) is 0 Å². The summed E-state index contributed by atoms with van der Waals surface area (Å²) in [4.78, 5) is 19.0. The van der Waals surface area contributed by atoms with Gasteiger partial charge in [-0.3, -0.25) is 9.78 Å². The van der Waals surface area contributed by atoms with Gasteiger partial charge < -0.3 is 15.0 Å². The lowest BCUT2D eigenvalue weighted by molar-refractivity contribution is -0.125. The highest BCUT2D eigenvalue weighted by molar-refractivity contribution is 5.92. The van der Waals surface area contributed by atoms with E-state index in [4.69, 9.17) is 9.84 Å². The third-order valence-corrected chi connectivity index (χ3v) is 6.66. The van der Waals surface area contributed by atoms with Gasteiger partial charge in [0, 0.05) is 37.9 Å². The van der Waals surface area contributed by atoms with Gasteiger partial charge in [0.25, 0.3) is 0 Å². The van der Waals surface area contributed by atoms with Crippen molar-refractivity contribution in [1.82, 2.24) is 30.3 Å². The smallest absolute Gasteiger partial charge is 0.223 e. The Labute approximate surface area is 204 Å². The molecule has 5 rings (SSSR count). The van der Waals surface area contributed by atoms with Crippen LogP contribution in [0.1, 0.15) is 29.8 Å². The van der Waals surface area contributed by atoms with Crippen molar-refractivity contribution in [3.05, 3.63) is 65.7 Å². The average Bonchev–Trinajstić information content (AvgIpc) is 3.26. The van der Waals surface area contributed by atoms with E-state index in [2.05, 4.69) is 32.3 Å². The third-order valence-electron chi connectivity index (χ3n) is 6.66. The highest BCUT2D eigenvalue weighted by Gasteiger charge is 2.28. The summed E-state index contributed by atoms with van der Waals surface area (Å²) in [6, 6.07) is 11.7. The minimum Gasteiger partial charge on any atom is -0.497 e. The lowest BCUT2D eigenvalue weighted by atomic mass is 9.95. The van der Waals surface area contributed by atoms with E-state index in [1.165, 1.54) is 0 Å². The first-order chi connectivity index (χ1) is 17.0. The molecule has 9 heteroatoms. The molecular formula is C26H29N7O2. The molecule has 3 aromatic heterocycles. The molecule has 1 aliphatic heterocycles. The lowest BCUT2D eigenvalue weighted by Crippen LogP contribution is -2.40. The van der Waals surface area contributed by atoms with E-state index in [-0.39, 0.29) is 11.8 Å². The second-order valence-electron chi connectivity index (χ2n) is 8.87. The van der Waals surface area contributed by atoms with Gasteiger partial charge in [-0.25, -0.2) is 4.68 Å². The van der Waals surface area contributed by atoms with Gasteiger partial charge in [-0.2, -0.15) is 10.2 Å². The van der Waals surface area contributed by atoms with Crippen molar-refractivity contribution in [3.8, 4) is 11.4 Å². The van der Waals surface area contributed by atoms with E-state index in [0.29, 0.717) is 6.54 Å². The van der Waals surface area contributed by atoms with Gasteiger partial charge in [0.05, 0.1) is 29.6 Å². The molecule has 1 saturated heterocycles. The van der Waals surface area contributed by atoms with E-state index in [1.807, 2.05) is 48.0 Å². The Morgan fingerprint density at radius 3 is 2.57 bits per heavy atom. The number of ether oxygens (including phenoxy) is 1. The first kappa shape index (κ1) is 22.8. The highest BCUT2D eigenvalue weighted by atomic mass is 16.5. The molecule has 1 fully saturated rings. The topological polar surface area (TPSA) is 98.1 Å². The maximum Gasteiger partial charge on any atom is 0.223 e. The molecule has 0 saturated carbocycles. The summed E-state index contributed by atoms with van der Waals surface area (Å²) < 4.78 is 7.22. The summed E-state index contributed by atoms with van der Waals surface area (Å²) in [5.74, 6) is 1.65. The molecule has 1 N–H and O–H groups in total. The normalized spacial score (nSPS) is 14.3. The largest absolute Gasteiger partial charge is 0.497 e. The molecule has 1 aliphatic rings. The third kappa shape index (κ3) is 4.53. The van der Waals surface area contributed by atoms with Crippen molar-refractivity contribution in [2.45, 2.75) is 33.2 Å². The summed E-state index contributed by atoms with van der Waals surface area (Å²) in [6.07, 6.45) is 5.02. The van der Waals surface area contributed by atoms with Crippen LogP contribution >= 0.6 is 0 Å². The number of nitrogens with one attached hydrogen (secondary N) is 1. The fourth-order valence-corrected chi connectivity index (χ4v) is 4.69. The van der Waals surface area contributed by atoms with Gasteiger partial charge in [-0.15, -0.1) is 5.10 Å². The fourth-order valence-electron chi connectivity index (χ4n) is 4.69. The summed E-state index contributed by atoms with van der Waals surface area (Å²) in [6.45, 7) is 5.97. The number of benzene rings is 1. The maximum absolute atomic E-state index is 12.7. The molecule has 4 heterocycles. The first-order valence-corrected chi connectivity index (χ1v) is 11.8. The van der Waals surface area contributed by atoms with Crippen LogP contribution in [0.5, 0.6) is 5.75 Å². The number of amides is 1. The minimum atomic E-state index is -0.0181. The predicted octanol–water partition coefficient (Wildman–Crippen LogP) is 3.37. The zero-order valence-corrected chi connectivity index (χ0v) is 20.2. The summed E-state index contributed by atoms with van der Waals surface area (Å²) in [5.41, 5.74) is 4.66. The van der Waals surface area contributed by atoms with Crippen molar-refractivity contribution in [2.24, 2.45) is 5.92 Å². The van der Waals surface area contributed by atoms with Gasteiger partial charge in [0.1, 0.15) is 11.3 Å². The number of anilines is 1. The molecule has 0 spiro atoms. The Hall–Kier alpha value is -4.01. The molecule has 0 radical (unpaired) electrons. The number of carbonyl (C=O) groups is 1.